The van der Waals surface area contributed by atoms with Gasteiger partial charge < -0.3 is 4.74 Å². The van der Waals surface area contributed by atoms with Crippen molar-refractivity contribution in [2.45, 2.75) is 35.6 Å². The molecule has 0 bridgehead atoms. The van der Waals surface area contributed by atoms with Gasteiger partial charge in [0.15, 0.2) is 0 Å². The molecule has 14 heteroatoms. The van der Waals surface area contributed by atoms with Gasteiger partial charge in [-0.2, -0.15) is 4.31 Å². The number of primary sulfonamides is 1. The predicted molar refractivity (Wildman–Crippen MR) is 150 cm³/mol. The van der Waals surface area contributed by atoms with Crippen molar-refractivity contribution < 1.29 is 36.0 Å². The summed E-state index contributed by atoms with van der Waals surface area (Å²) in [6.45, 7) is 1.65. The Morgan fingerprint density at radius 1 is 0.951 bits per heavy atom. The molecule has 1 aliphatic heterocycles. The lowest BCUT2D eigenvalue weighted by Gasteiger charge is -2.27. The van der Waals surface area contributed by atoms with Crippen molar-refractivity contribution in [3.8, 4) is 0 Å². The predicted octanol–water partition coefficient (Wildman–Crippen LogP) is 2.73. The number of amides is 2. The van der Waals surface area contributed by atoms with Crippen LogP contribution in [0.2, 0.25) is 5.02 Å². The van der Waals surface area contributed by atoms with E-state index in [1.165, 1.54) is 72.8 Å². The van der Waals surface area contributed by atoms with Crippen LogP contribution >= 0.6 is 11.6 Å². The lowest BCUT2D eigenvalue weighted by Crippen LogP contribution is -2.46. The summed E-state index contributed by atoms with van der Waals surface area (Å²) in [5, 5.41) is 5.46. The number of halogens is 1. The fourth-order valence-corrected chi connectivity index (χ4v) is 6.57. The van der Waals surface area contributed by atoms with Gasteiger partial charge in [0.2, 0.25) is 26.0 Å². The molecule has 41 heavy (non-hydrogen) atoms. The van der Waals surface area contributed by atoms with Crippen molar-refractivity contribution in [2.75, 3.05) is 18.1 Å². The number of hydrogen-bond acceptors (Lipinski definition) is 8. The summed E-state index contributed by atoms with van der Waals surface area (Å²) in [7, 11) is -8.20. The van der Waals surface area contributed by atoms with Gasteiger partial charge in [-0.25, -0.2) is 31.7 Å². The van der Waals surface area contributed by atoms with Crippen molar-refractivity contribution in [2.24, 2.45) is 5.14 Å². The molecule has 216 valence electrons. The molecule has 1 fully saturated rings. The number of rotatable bonds is 10. The van der Waals surface area contributed by atoms with Crippen LogP contribution in [0.15, 0.2) is 82.6 Å². The van der Waals surface area contributed by atoms with E-state index < -0.39 is 50.3 Å². The second-order valence-corrected chi connectivity index (χ2v) is 13.0. The molecule has 0 radical (unpaired) electrons. The first-order valence-electron chi connectivity index (χ1n) is 12.4. The van der Waals surface area contributed by atoms with E-state index in [0.29, 0.717) is 10.6 Å². The molecule has 3 aromatic rings. The summed E-state index contributed by atoms with van der Waals surface area (Å²) < 4.78 is 56.6. The highest BCUT2D eigenvalue weighted by atomic mass is 35.5. The third-order valence-electron chi connectivity index (χ3n) is 6.40. The van der Waals surface area contributed by atoms with Crippen LogP contribution in [0.3, 0.4) is 0 Å². The minimum atomic E-state index is -4.29. The van der Waals surface area contributed by atoms with Crippen molar-refractivity contribution in [1.29, 1.82) is 0 Å². The number of hydrogen-bond donors (Lipinski definition) is 1. The van der Waals surface area contributed by atoms with Gasteiger partial charge in [0.25, 0.3) is 5.91 Å². The SMILES string of the molecule is CCOC(=O)c1ccc(N2C(=O)CC(N(CCc3ccc(S(N)(=O)=O)cc3)S(=O)(=O)c3ccc(Cl)cc3)C2=O)cc1. The minimum Gasteiger partial charge on any atom is -0.462 e. The summed E-state index contributed by atoms with van der Waals surface area (Å²) >= 11 is 5.94. The van der Waals surface area contributed by atoms with E-state index in [4.69, 9.17) is 21.5 Å². The standard InChI is InChI=1S/C27H26ClN3O8S2/c1-2-39-27(34)19-5-9-21(10-6-19)31-25(32)17-24(26(31)33)30(41(37,38)23-13-7-20(28)8-14-23)16-15-18-3-11-22(12-4-18)40(29,35)36/h3-14,24H,2,15-17H2,1H3,(H2,29,35,36). The number of imide groups is 1. The maximum atomic E-state index is 13.8. The molecule has 1 aliphatic rings. The Morgan fingerprint density at radius 2 is 1.54 bits per heavy atom. The lowest BCUT2D eigenvalue weighted by atomic mass is 10.1. The molecule has 4 rings (SSSR count). The Hall–Kier alpha value is -3.62. The molecular formula is C27H26ClN3O8S2. The highest BCUT2D eigenvalue weighted by Gasteiger charge is 2.46. The number of ether oxygens (including phenoxy) is 1. The fraction of sp³-hybridized carbons (Fsp3) is 0.222. The Bertz CT molecular complexity index is 1680. The zero-order valence-corrected chi connectivity index (χ0v) is 24.2. The number of esters is 1. The zero-order chi connectivity index (χ0) is 29.9. The second-order valence-electron chi connectivity index (χ2n) is 9.06. The van der Waals surface area contributed by atoms with Crippen LogP contribution < -0.4 is 10.0 Å². The largest absolute Gasteiger partial charge is 0.462 e. The van der Waals surface area contributed by atoms with Crippen LogP contribution in [0.5, 0.6) is 0 Å². The molecule has 1 atom stereocenters. The van der Waals surface area contributed by atoms with Crippen molar-refractivity contribution in [3.05, 3.63) is 88.9 Å². The average molecular weight is 620 g/mol. The Labute approximate surface area is 242 Å². The second kappa shape index (κ2) is 12.1. The smallest absolute Gasteiger partial charge is 0.338 e. The quantitative estimate of drug-likeness (QED) is 0.268. The zero-order valence-electron chi connectivity index (χ0n) is 21.8. The van der Waals surface area contributed by atoms with Gasteiger partial charge in [0.1, 0.15) is 6.04 Å². The normalized spacial score (nSPS) is 15.9. The van der Waals surface area contributed by atoms with Gasteiger partial charge in [-0.15, -0.1) is 0 Å². The van der Waals surface area contributed by atoms with E-state index in [2.05, 4.69) is 0 Å². The molecule has 0 aliphatic carbocycles. The van der Waals surface area contributed by atoms with Gasteiger partial charge in [-0.05, 0) is 79.6 Å². The van der Waals surface area contributed by atoms with Crippen LogP contribution in [0.1, 0.15) is 29.3 Å². The first kappa shape index (κ1) is 30.3. The summed E-state index contributed by atoms with van der Waals surface area (Å²) in [6.07, 6.45) is -0.306. The van der Waals surface area contributed by atoms with Gasteiger partial charge in [0, 0.05) is 11.6 Å². The Morgan fingerprint density at radius 3 is 2.10 bits per heavy atom. The number of carbonyl (C=O) groups is 3. The van der Waals surface area contributed by atoms with Crippen LogP contribution in [0, 0.1) is 0 Å². The van der Waals surface area contributed by atoms with E-state index in [1.807, 2.05) is 0 Å². The first-order valence-corrected chi connectivity index (χ1v) is 15.7. The summed E-state index contributed by atoms with van der Waals surface area (Å²) in [5.74, 6) is -1.92. The molecule has 1 heterocycles. The summed E-state index contributed by atoms with van der Waals surface area (Å²) in [4.78, 5) is 39.3. The monoisotopic (exact) mass is 619 g/mol. The van der Waals surface area contributed by atoms with E-state index >= 15 is 0 Å². The number of sulfonamides is 2. The molecule has 2 N–H and O–H groups in total. The first-order chi connectivity index (χ1) is 19.3. The van der Waals surface area contributed by atoms with Gasteiger partial charge in [-0.3, -0.25) is 9.59 Å². The maximum absolute atomic E-state index is 13.8. The third kappa shape index (κ3) is 6.66. The van der Waals surface area contributed by atoms with Crippen molar-refractivity contribution in [3.63, 3.8) is 0 Å². The third-order valence-corrected chi connectivity index (χ3v) is 9.50. The number of nitrogens with two attached hydrogens (primary N) is 1. The summed E-state index contributed by atoms with van der Waals surface area (Å²) in [6, 6.07) is 15.3. The molecule has 0 spiro atoms. The highest BCUT2D eigenvalue weighted by molar-refractivity contribution is 7.89. The fourth-order valence-electron chi connectivity index (χ4n) is 4.34. The minimum absolute atomic E-state index is 0.101. The lowest BCUT2D eigenvalue weighted by molar-refractivity contribution is -0.122. The van der Waals surface area contributed by atoms with Crippen LogP contribution in [-0.4, -0.2) is 58.1 Å². The molecular weight excluding hydrogens is 594 g/mol. The van der Waals surface area contributed by atoms with Crippen LogP contribution in [-0.2, 0) is 40.8 Å². The molecule has 0 aromatic heterocycles. The van der Waals surface area contributed by atoms with Crippen LogP contribution in [0.25, 0.3) is 0 Å². The topological polar surface area (TPSA) is 161 Å². The molecule has 0 saturated carbocycles. The average Bonchev–Trinajstić information content (AvgIpc) is 3.22. The van der Waals surface area contributed by atoms with Gasteiger partial charge in [-0.1, -0.05) is 23.7 Å². The van der Waals surface area contributed by atoms with Crippen LogP contribution in [0.4, 0.5) is 5.69 Å². The molecule has 11 nitrogen and oxygen atoms in total. The molecule has 3 aromatic carbocycles. The number of benzene rings is 3. The van der Waals surface area contributed by atoms with Gasteiger partial charge >= 0.3 is 5.97 Å². The Balaban J connectivity index is 1.65. The van der Waals surface area contributed by atoms with E-state index in [0.717, 1.165) is 9.21 Å². The Kier molecular flexibility index (Phi) is 8.94. The van der Waals surface area contributed by atoms with E-state index in [9.17, 15) is 31.2 Å². The van der Waals surface area contributed by atoms with Crippen molar-refractivity contribution in [1.82, 2.24) is 4.31 Å². The molecule has 1 saturated heterocycles. The summed E-state index contributed by atoms with van der Waals surface area (Å²) in [5.41, 5.74) is 0.988. The molecule has 1 unspecified atom stereocenters. The highest BCUT2D eigenvalue weighted by Crippen LogP contribution is 2.30. The molecule has 2 amide bonds. The van der Waals surface area contributed by atoms with Crippen molar-refractivity contribution >= 4 is 55.1 Å². The number of nitrogens with zero attached hydrogens (tertiary/aromatic N) is 2. The van der Waals surface area contributed by atoms with E-state index in [1.54, 1.807) is 6.92 Å². The van der Waals surface area contributed by atoms with E-state index in [-0.39, 0.29) is 40.6 Å². The number of anilines is 1. The van der Waals surface area contributed by atoms with Gasteiger partial charge in [0.05, 0.1) is 34.1 Å². The number of carbonyl (C=O) groups excluding carboxylic acids is 3. The maximum Gasteiger partial charge on any atom is 0.338 e.